The summed E-state index contributed by atoms with van der Waals surface area (Å²) in [6.07, 6.45) is 2.75. The molecule has 5 nitrogen and oxygen atoms in total. The monoisotopic (exact) mass is 420 g/mol. The van der Waals surface area contributed by atoms with Crippen LogP contribution in [0.3, 0.4) is 0 Å². The highest BCUT2D eigenvalue weighted by Crippen LogP contribution is 2.32. The minimum absolute atomic E-state index is 0.0459. The van der Waals surface area contributed by atoms with E-state index < -0.39 is 0 Å². The predicted molar refractivity (Wildman–Crippen MR) is 112 cm³/mol. The van der Waals surface area contributed by atoms with Gasteiger partial charge in [0.15, 0.2) is 0 Å². The van der Waals surface area contributed by atoms with Crippen molar-refractivity contribution in [1.82, 2.24) is 0 Å². The molecule has 0 spiro atoms. The molecule has 2 amide bonds. The Hall–Kier alpha value is -2.24. The molecule has 28 heavy (non-hydrogen) atoms. The number of hydrogen-bond donors (Lipinski definition) is 2. The number of hydrogen-bond acceptors (Lipinski definition) is 3. The molecule has 3 rings (SSSR count). The molecular weight excluding hydrogens is 399 g/mol. The van der Waals surface area contributed by atoms with Crippen LogP contribution in [0.5, 0.6) is 5.75 Å². The molecule has 2 N–H and O–H groups in total. The van der Waals surface area contributed by atoms with Gasteiger partial charge in [0, 0.05) is 28.7 Å². The van der Waals surface area contributed by atoms with E-state index in [1.165, 1.54) is 0 Å². The number of halogens is 2. The molecule has 2 aromatic carbocycles. The molecule has 7 heteroatoms. The van der Waals surface area contributed by atoms with Gasteiger partial charge in [-0.05, 0) is 62.1 Å². The number of carbonyl (C=O) groups excluding carboxylic acids is 2. The molecule has 0 aliphatic heterocycles. The third-order valence-corrected chi connectivity index (χ3v) is 5.04. The van der Waals surface area contributed by atoms with Crippen LogP contribution in [0.2, 0.25) is 10.0 Å². The van der Waals surface area contributed by atoms with Gasteiger partial charge >= 0.3 is 0 Å². The Morgan fingerprint density at radius 3 is 2.50 bits per heavy atom. The summed E-state index contributed by atoms with van der Waals surface area (Å²) in [5.41, 5.74) is 2.27. The van der Waals surface area contributed by atoms with Crippen LogP contribution in [-0.2, 0) is 9.59 Å². The molecule has 0 aromatic heterocycles. The van der Waals surface area contributed by atoms with Gasteiger partial charge in [0.05, 0.1) is 11.6 Å². The summed E-state index contributed by atoms with van der Waals surface area (Å²) in [6, 6.07) is 10.5. The fraction of sp³-hybridized carbons (Fsp3) is 0.333. The van der Waals surface area contributed by atoms with Gasteiger partial charge in [-0.15, -0.1) is 0 Å². The van der Waals surface area contributed by atoms with Gasteiger partial charge in [-0.25, -0.2) is 0 Å². The molecule has 0 atom stereocenters. The molecule has 0 heterocycles. The molecule has 1 saturated carbocycles. The largest absolute Gasteiger partial charge is 0.492 e. The minimum atomic E-state index is -0.112. The molecule has 1 aliphatic rings. The lowest BCUT2D eigenvalue weighted by atomic mass is 10.1. The molecule has 0 bridgehead atoms. The summed E-state index contributed by atoms with van der Waals surface area (Å²) in [5.74, 6) is 0.609. The van der Waals surface area contributed by atoms with E-state index in [0.717, 1.165) is 24.1 Å². The first-order valence-electron chi connectivity index (χ1n) is 9.22. The normalized spacial score (nSPS) is 13.1. The number of rotatable bonds is 8. The summed E-state index contributed by atoms with van der Waals surface area (Å²) in [4.78, 5) is 24.2. The van der Waals surface area contributed by atoms with Crippen LogP contribution in [0.4, 0.5) is 11.4 Å². The van der Waals surface area contributed by atoms with E-state index in [2.05, 4.69) is 10.6 Å². The maximum absolute atomic E-state index is 12.2. The van der Waals surface area contributed by atoms with Crippen molar-refractivity contribution in [2.24, 2.45) is 5.92 Å². The summed E-state index contributed by atoms with van der Waals surface area (Å²) in [6.45, 7) is 2.25. The van der Waals surface area contributed by atoms with Crippen molar-refractivity contribution in [1.29, 1.82) is 0 Å². The quantitative estimate of drug-likeness (QED) is 0.557. The second kappa shape index (κ2) is 9.30. The highest BCUT2D eigenvalue weighted by atomic mass is 35.5. The second-order valence-electron chi connectivity index (χ2n) is 6.82. The van der Waals surface area contributed by atoms with Crippen molar-refractivity contribution >= 4 is 46.4 Å². The van der Waals surface area contributed by atoms with Crippen LogP contribution in [0.15, 0.2) is 36.4 Å². The Labute approximate surface area is 174 Å². The Morgan fingerprint density at radius 2 is 1.82 bits per heavy atom. The highest BCUT2D eigenvalue weighted by Gasteiger charge is 2.29. The number of amides is 2. The summed E-state index contributed by atoms with van der Waals surface area (Å²) in [7, 11) is 0. The van der Waals surface area contributed by atoms with Crippen LogP contribution >= 0.6 is 23.2 Å². The standard InChI is InChI=1S/C21H22Cl2N2O3/c1-13-17(4-2-5-18(13)25-21(27)14-7-8-14)24-20(26)6-3-11-28-19-10-9-15(22)12-16(19)23/h2,4-5,9-10,12,14H,3,6-8,11H2,1H3,(H,24,26)(H,25,27). The van der Waals surface area contributed by atoms with Gasteiger partial charge in [0.1, 0.15) is 5.75 Å². The molecule has 1 fully saturated rings. The van der Waals surface area contributed by atoms with E-state index in [1.807, 2.05) is 25.1 Å². The van der Waals surface area contributed by atoms with Crippen LogP contribution in [-0.4, -0.2) is 18.4 Å². The van der Waals surface area contributed by atoms with Crippen molar-refractivity contribution in [3.8, 4) is 5.75 Å². The van der Waals surface area contributed by atoms with Gasteiger partial charge in [-0.1, -0.05) is 29.3 Å². The molecule has 1 aliphatic carbocycles. The SMILES string of the molecule is Cc1c(NC(=O)CCCOc2ccc(Cl)cc2Cl)cccc1NC(=O)C1CC1. The third-order valence-electron chi connectivity index (χ3n) is 4.51. The van der Waals surface area contributed by atoms with Crippen molar-refractivity contribution < 1.29 is 14.3 Å². The number of nitrogens with one attached hydrogen (secondary N) is 2. The lowest BCUT2D eigenvalue weighted by molar-refractivity contribution is -0.117. The molecule has 0 unspecified atom stereocenters. The first-order chi connectivity index (χ1) is 13.4. The van der Waals surface area contributed by atoms with E-state index in [9.17, 15) is 9.59 Å². The zero-order chi connectivity index (χ0) is 20.1. The molecule has 148 valence electrons. The average molecular weight is 421 g/mol. The number of carbonyl (C=O) groups is 2. The Morgan fingerprint density at radius 1 is 1.11 bits per heavy atom. The summed E-state index contributed by atoms with van der Waals surface area (Å²) in [5, 5.41) is 6.82. The van der Waals surface area contributed by atoms with Gasteiger partial charge in [0.25, 0.3) is 0 Å². The predicted octanol–water partition coefficient (Wildman–Crippen LogP) is 5.45. The maximum Gasteiger partial charge on any atom is 0.227 e. The molecular formula is C21H22Cl2N2O3. The van der Waals surface area contributed by atoms with E-state index in [4.69, 9.17) is 27.9 Å². The summed E-state index contributed by atoms with van der Waals surface area (Å²) < 4.78 is 5.59. The molecule has 2 aromatic rings. The van der Waals surface area contributed by atoms with E-state index in [-0.39, 0.29) is 17.7 Å². The van der Waals surface area contributed by atoms with Gasteiger partial charge < -0.3 is 15.4 Å². The van der Waals surface area contributed by atoms with E-state index in [0.29, 0.717) is 40.9 Å². The molecule has 0 saturated heterocycles. The third kappa shape index (κ3) is 5.63. The van der Waals surface area contributed by atoms with Crippen molar-refractivity contribution in [3.05, 3.63) is 52.0 Å². The zero-order valence-electron chi connectivity index (χ0n) is 15.6. The van der Waals surface area contributed by atoms with Crippen molar-refractivity contribution in [3.63, 3.8) is 0 Å². The van der Waals surface area contributed by atoms with Gasteiger partial charge in [-0.3, -0.25) is 9.59 Å². The second-order valence-corrected chi connectivity index (χ2v) is 7.66. The Kier molecular flexibility index (Phi) is 6.81. The van der Waals surface area contributed by atoms with Gasteiger partial charge in [0.2, 0.25) is 11.8 Å². The van der Waals surface area contributed by atoms with Crippen LogP contribution < -0.4 is 15.4 Å². The van der Waals surface area contributed by atoms with Crippen molar-refractivity contribution in [2.45, 2.75) is 32.6 Å². The lowest BCUT2D eigenvalue weighted by Crippen LogP contribution is -2.16. The first-order valence-corrected chi connectivity index (χ1v) is 9.98. The highest BCUT2D eigenvalue weighted by molar-refractivity contribution is 6.35. The maximum atomic E-state index is 12.2. The first kappa shape index (κ1) is 20.5. The fourth-order valence-electron chi connectivity index (χ4n) is 2.71. The number of benzene rings is 2. The summed E-state index contributed by atoms with van der Waals surface area (Å²) >= 11 is 11.9. The number of ether oxygens (including phenoxy) is 1. The van der Waals surface area contributed by atoms with Gasteiger partial charge in [-0.2, -0.15) is 0 Å². The van der Waals surface area contributed by atoms with E-state index >= 15 is 0 Å². The number of anilines is 2. The smallest absolute Gasteiger partial charge is 0.227 e. The van der Waals surface area contributed by atoms with Crippen LogP contribution in [0.1, 0.15) is 31.2 Å². The van der Waals surface area contributed by atoms with E-state index in [1.54, 1.807) is 18.2 Å². The minimum Gasteiger partial charge on any atom is -0.492 e. The Balaban J connectivity index is 1.47. The van der Waals surface area contributed by atoms with Crippen molar-refractivity contribution in [2.75, 3.05) is 17.2 Å². The topological polar surface area (TPSA) is 67.4 Å². The van der Waals surface area contributed by atoms with Crippen LogP contribution in [0, 0.1) is 12.8 Å². The lowest BCUT2D eigenvalue weighted by Gasteiger charge is -2.13. The average Bonchev–Trinajstić information content (AvgIpc) is 3.49. The van der Waals surface area contributed by atoms with Crippen LogP contribution in [0.25, 0.3) is 0 Å². The zero-order valence-corrected chi connectivity index (χ0v) is 17.1. The molecule has 0 radical (unpaired) electrons. The fourth-order valence-corrected chi connectivity index (χ4v) is 3.17. The Bertz CT molecular complexity index is 882.